The van der Waals surface area contributed by atoms with Gasteiger partial charge < -0.3 is 10.1 Å². The maximum atomic E-state index is 6.43. The first-order valence-corrected chi connectivity index (χ1v) is 18.5. The average Bonchev–Trinajstić information content (AvgIpc) is 3.31. The predicted molar refractivity (Wildman–Crippen MR) is 193 cm³/mol. The Labute approximate surface area is 270 Å². The standard InChI is InChI=1S/C42H61NO/c1-4-7-10-13-15-21-30-42(31-22-16-14-11-8-5-2)40-33-36(43-35-24-19-18-20-25-35)26-28-38(40)39-29-27-37(34-41(39)42)44-32-23-17-12-9-6-3/h18-20,24-29,33-34,43H,4-17,21-23,30-32H2,1-3H3. The van der Waals surface area contributed by atoms with E-state index in [1.54, 1.807) is 0 Å². The van der Waals surface area contributed by atoms with Crippen LogP contribution in [0.3, 0.4) is 0 Å². The molecule has 0 amide bonds. The Morgan fingerprint density at radius 2 is 1.02 bits per heavy atom. The predicted octanol–water partition coefficient (Wildman–Crippen LogP) is 13.5. The highest BCUT2D eigenvalue weighted by atomic mass is 16.5. The summed E-state index contributed by atoms with van der Waals surface area (Å²) >= 11 is 0. The molecule has 3 aromatic carbocycles. The van der Waals surface area contributed by atoms with Crippen LogP contribution in [0.25, 0.3) is 11.1 Å². The van der Waals surface area contributed by atoms with Crippen molar-refractivity contribution >= 4 is 11.4 Å². The molecule has 0 atom stereocenters. The Morgan fingerprint density at radius 1 is 0.500 bits per heavy atom. The second-order valence-corrected chi connectivity index (χ2v) is 13.3. The van der Waals surface area contributed by atoms with Crippen molar-refractivity contribution in [1.82, 2.24) is 0 Å². The Balaban J connectivity index is 1.63. The molecular formula is C42H61NO. The lowest BCUT2D eigenvalue weighted by atomic mass is 9.70. The van der Waals surface area contributed by atoms with E-state index < -0.39 is 0 Å². The molecule has 1 N–H and O–H groups in total. The van der Waals surface area contributed by atoms with Gasteiger partial charge in [0.1, 0.15) is 5.75 Å². The van der Waals surface area contributed by atoms with Crippen LogP contribution in [0.2, 0.25) is 0 Å². The van der Waals surface area contributed by atoms with E-state index in [1.807, 2.05) is 0 Å². The summed E-state index contributed by atoms with van der Waals surface area (Å²) in [6, 6.07) is 24.8. The SMILES string of the molecule is CCCCCCCCC1(CCCCCCCC)c2cc(Nc3ccccc3)ccc2-c2ccc(OCCCCCCC)cc21. The molecule has 2 nitrogen and oxygen atoms in total. The summed E-state index contributed by atoms with van der Waals surface area (Å²) < 4.78 is 6.43. The number of fused-ring (bicyclic) bond motifs is 3. The Kier molecular flexibility index (Phi) is 14.7. The fourth-order valence-electron chi connectivity index (χ4n) is 7.30. The summed E-state index contributed by atoms with van der Waals surface area (Å²) in [6.07, 6.45) is 24.8. The van der Waals surface area contributed by atoms with Gasteiger partial charge >= 0.3 is 0 Å². The number of para-hydroxylation sites is 1. The number of ether oxygens (including phenoxy) is 1. The van der Waals surface area contributed by atoms with Gasteiger partial charge in [0.05, 0.1) is 6.61 Å². The van der Waals surface area contributed by atoms with Crippen molar-refractivity contribution in [2.24, 2.45) is 0 Å². The number of hydrogen-bond acceptors (Lipinski definition) is 2. The van der Waals surface area contributed by atoms with Crippen LogP contribution in [-0.4, -0.2) is 6.61 Å². The number of unbranched alkanes of at least 4 members (excludes halogenated alkanes) is 14. The van der Waals surface area contributed by atoms with Gasteiger partial charge in [-0.1, -0.05) is 154 Å². The van der Waals surface area contributed by atoms with Crippen molar-refractivity contribution in [3.05, 3.63) is 77.9 Å². The molecule has 2 heteroatoms. The lowest BCUT2D eigenvalue weighted by molar-refractivity contribution is 0.303. The molecule has 0 aliphatic heterocycles. The smallest absolute Gasteiger partial charge is 0.119 e. The Morgan fingerprint density at radius 3 is 1.64 bits per heavy atom. The lowest BCUT2D eigenvalue weighted by Gasteiger charge is -2.33. The van der Waals surface area contributed by atoms with Gasteiger partial charge in [0.15, 0.2) is 0 Å². The van der Waals surface area contributed by atoms with Crippen molar-refractivity contribution in [3.8, 4) is 16.9 Å². The molecule has 240 valence electrons. The summed E-state index contributed by atoms with van der Waals surface area (Å²) in [7, 11) is 0. The molecule has 0 unspecified atom stereocenters. The van der Waals surface area contributed by atoms with Crippen LogP contribution >= 0.6 is 0 Å². The van der Waals surface area contributed by atoms with Gasteiger partial charge in [-0.2, -0.15) is 0 Å². The van der Waals surface area contributed by atoms with E-state index in [0.717, 1.165) is 24.5 Å². The molecule has 0 radical (unpaired) electrons. The van der Waals surface area contributed by atoms with E-state index >= 15 is 0 Å². The van der Waals surface area contributed by atoms with Gasteiger partial charge in [-0.3, -0.25) is 0 Å². The lowest BCUT2D eigenvalue weighted by Crippen LogP contribution is -2.25. The second kappa shape index (κ2) is 18.9. The van der Waals surface area contributed by atoms with Crippen LogP contribution in [0.15, 0.2) is 66.7 Å². The molecule has 0 saturated heterocycles. The third-order valence-corrected chi connectivity index (χ3v) is 9.83. The van der Waals surface area contributed by atoms with Crippen LogP contribution in [0, 0.1) is 0 Å². The molecule has 4 rings (SSSR count). The monoisotopic (exact) mass is 595 g/mol. The van der Waals surface area contributed by atoms with Crippen LogP contribution < -0.4 is 10.1 Å². The molecular weight excluding hydrogens is 534 g/mol. The van der Waals surface area contributed by atoms with E-state index in [1.165, 1.54) is 144 Å². The highest BCUT2D eigenvalue weighted by Crippen LogP contribution is 2.55. The maximum Gasteiger partial charge on any atom is 0.119 e. The third-order valence-electron chi connectivity index (χ3n) is 9.83. The fourth-order valence-corrected chi connectivity index (χ4v) is 7.30. The number of nitrogens with one attached hydrogen (secondary N) is 1. The van der Waals surface area contributed by atoms with E-state index in [-0.39, 0.29) is 5.41 Å². The minimum Gasteiger partial charge on any atom is -0.494 e. The molecule has 0 spiro atoms. The van der Waals surface area contributed by atoms with Gasteiger partial charge in [0.2, 0.25) is 0 Å². The number of rotatable bonds is 23. The molecule has 0 bridgehead atoms. The van der Waals surface area contributed by atoms with Crippen LogP contribution in [0.5, 0.6) is 5.75 Å². The van der Waals surface area contributed by atoms with Crippen LogP contribution in [0.1, 0.15) is 154 Å². The quantitative estimate of drug-likeness (QED) is 0.110. The molecule has 0 fully saturated rings. The summed E-state index contributed by atoms with van der Waals surface area (Å²) in [4.78, 5) is 0. The molecule has 0 aromatic heterocycles. The van der Waals surface area contributed by atoms with Crippen LogP contribution in [-0.2, 0) is 5.41 Å². The normalized spacial score (nSPS) is 13.1. The molecule has 0 heterocycles. The van der Waals surface area contributed by atoms with E-state index in [0.29, 0.717) is 0 Å². The van der Waals surface area contributed by atoms with Crippen molar-refractivity contribution in [1.29, 1.82) is 0 Å². The summed E-state index contributed by atoms with van der Waals surface area (Å²) in [5.74, 6) is 1.06. The molecule has 44 heavy (non-hydrogen) atoms. The minimum absolute atomic E-state index is 0.0506. The van der Waals surface area contributed by atoms with Crippen LogP contribution in [0.4, 0.5) is 11.4 Å². The minimum atomic E-state index is 0.0506. The first kappa shape index (κ1) is 34.1. The zero-order valence-electron chi connectivity index (χ0n) is 28.4. The molecule has 1 aliphatic rings. The largest absolute Gasteiger partial charge is 0.494 e. The fraction of sp³-hybridized carbons (Fsp3) is 0.571. The van der Waals surface area contributed by atoms with Crippen molar-refractivity contribution in [2.75, 3.05) is 11.9 Å². The number of benzene rings is 3. The molecule has 0 saturated carbocycles. The maximum absolute atomic E-state index is 6.43. The first-order chi connectivity index (χ1) is 21.7. The van der Waals surface area contributed by atoms with Gasteiger partial charge in [0.25, 0.3) is 0 Å². The number of hydrogen-bond donors (Lipinski definition) is 1. The zero-order valence-corrected chi connectivity index (χ0v) is 28.4. The van der Waals surface area contributed by atoms with Crippen molar-refractivity contribution in [3.63, 3.8) is 0 Å². The third kappa shape index (κ3) is 9.63. The Bertz CT molecular complexity index is 1200. The molecule has 3 aromatic rings. The summed E-state index contributed by atoms with van der Waals surface area (Å²) in [6.45, 7) is 7.73. The Hall–Kier alpha value is -2.74. The second-order valence-electron chi connectivity index (χ2n) is 13.3. The average molecular weight is 596 g/mol. The highest BCUT2D eigenvalue weighted by molar-refractivity contribution is 5.84. The van der Waals surface area contributed by atoms with Gasteiger partial charge in [-0.05, 0) is 77.9 Å². The van der Waals surface area contributed by atoms with E-state index in [9.17, 15) is 0 Å². The van der Waals surface area contributed by atoms with Gasteiger partial charge in [-0.25, -0.2) is 0 Å². The summed E-state index contributed by atoms with van der Waals surface area (Å²) in [5.41, 5.74) is 8.31. The van der Waals surface area contributed by atoms with Gasteiger partial charge in [0, 0.05) is 16.8 Å². The summed E-state index contributed by atoms with van der Waals surface area (Å²) in [5, 5.41) is 3.71. The zero-order chi connectivity index (χ0) is 30.9. The van der Waals surface area contributed by atoms with Crippen molar-refractivity contribution in [2.45, 2.75) is 148 Å². The van der Waals surface area contributed by atoms with E-state index in [4.69, 9.17) is 4.74 Å². The van der Waals surface area contributed by atoms with E-state index in [2.05, 4.69) is 92.8 Å². The number of anilines is 2. The highest BCUT2D eigenvalue weighted by Gasteiger charge is 2.42. The van der Waals surface area contributed by atoms with Gasteiger partial charge in [-0.15, -0.1) is 0 Å². The first-order valence-electron chi connectivity index (χ1n) is 18.5. The van der Waals surface area contributed by atoms with Crippen molar-refractivity contribution < 1.29 is 4.74 Å². The molecule has 1 aliphatic carbocycles. The topological polar surface area (TPSA) is 21.3 Å².